The Morgan fingerprint density at radius 2 is 1.69 bits per heavy atom. The molecule has 7 nitrogen and oxygen atoms in total. The molecular weight excluding hydrogens is 340 g/mol. The van der Waals surface area contributed by atoms with E-state index in [1.165, 1.54) is 0 Å². The van der Waals surface area contributed by atoms with Gasteiger partial charge in [0.1, 0.15) is 16.8 Å². The lowest BCUT2D eigenvalue weighted by atomic mass is 9.60. The molecule has 7 heteroatoms. The van der Waals surface area contributed by atoms with Crippen LogP contribution in [0.5, 0.6) is 0 Å². The largest absolute Gasteiger partial charge is 0.394 e. The van der Waals surface area contributed by atoms with E-state index in [1.54, 1.807) is 20.8 Å². The zero-order valence-corrected chi connectivity index (χ0v) is 17.5. The van der Waals surface area contributed by atoms with Gasteiger partial charge in [-0.2, -0.15) is 0 Å². The highest BCUT2D eigenvalue weighted by molar-refractivity contribution is 5.24. The van der Waals surface area contributed by atoms with E-state index in [9.17, 15) is 5.11 Å². The van der Waals surface area contributed by atoms with Gasteiger partial charge in [0.25, 0.3) is 0 Å². The molecule has 0 aromatic rings. The highest BCUT2D eigenvalue weighted by Crippen LogP contribution is 2.60. The van der Waals surface area contributed by atoms with Crippen LogP contribution in [0.25, 0.3) is 0 Å². The zero-order valence-electron chi connectivity index (χ0n) is 17.5. The Balaban J connectivity index is 2.56. The van der Waals surface area contributed by atoms with Crippen molar-refractivity contribution in [1.29, 1.82) is 0 Å². The molecule has 2 N–H and O–H groups in total. The van der Waals surface area contributed by atoms with Gasteiger partial charge in [-0.3, -0.25) is 0 Å². The molecule has 3 unspecified atom stereocenters. The summed E-state index contributed by atoms with van der Waals surface area (Å²) in [5.41, 5.74) is -5.35. The number of aliphatic hydroxyl groups is 2. The van der Waals surface area contributed by atoms with Crippen molar-refractivity contribution in [1.82, 2.24) is 0 Å². The van der Waals surface area contributed by atoms with E-state index in [0.29, 0.717) is 0 Å². The van der Waals surface area contributed by atoms with Gasteiger partial charge in [0.05, 0.1) is 25.4 Å². The number of hydrogen-bond donors (Lipinski definition) is 2. The van der Waals surface area contributed by atoms with Crippen LogP contribution < -0.4 is 0 Å². The molecule has 0 aliphatic carbocycles. The zero-order chi connectivity index (χ0) is 20.1. The predicted molar refractivity (Wildman–Crippen MR) is 95.7 cm³/mol. The lowest BCUT2D eigenvalue weighted by molar-refractivity contribution is -0.436. The first-order valence-electron chi connectivity index (χ1n) is 9.33. The molecule has 26 heavy (non-hydrogen) atoms. The molecule has 0 amide bonds. The van der Waals surface area contributed by atoms with Crippen LogP contribution in [-0.4, -0.2) is 70.6 Å². The van der Waals surface area contributed by atoms with Gasteiger partial charge in [0.2, 0.25) is 5.79 Å². The Morgan fingerprint density at radius 3 is 2.23 bits per heavy atom. The number of aliphatic hydroxyl groups excluding tert-OH is 1. The van der Waals surface area contributed by atoms with Crippen molar-refractivity contribution < 1.29 is 33.9 Å². The maximum atomic E-state index is 11.8. The number of ether oxygens (including phenoxy) is 5. The average Bonchev–Trinajstić information content (AvgIpc) is 2.82. The predicted octanol–water partition coefficient (Wildman–Crippen LogP) is 1.98. The van der Waals surface area contributed by atoms with Crippen molar-refractivity contribution in [3.8, 4) is 0 Å². The molecule has 0 aromatic heterocycles. The van der Waals surface area contributed by atoms with E-state index < -0.39 is 33.8 Å². The molecule has 2 saturated heterocycles. The fraction of sp³-hybridized carbons (Fsp3) is 1.00. The monoisotopic (exact) mass is 376 g/mol. The van der Waals surface area contributed by atoms with Crippen molar-refractivity contribution in [3.05, 3.63) is 0 Å². The van der Waals surface area contributed by atoms with E-state index in [1.807, 2.05) is 34.6 Å². The second-order valence-corrected chi connectivity index (χ2v) is 8.82. The van der Waals surface area contributed by atoms with Gasteiger partial charge >= 0.3 is 0 Å². The third-order valence-electron chi connectivity index (χ3n) is 6.78. The molecule has 0 aromatic carbocycles. The highest BCUT2D eigenvalue weighted by atomic mass is 16.8. The van der Waals surface area contributed by atoms with Crippen LogP contribution in [0.1, 0.15) is 61.8 Å². The summed E-state index contributed by atoms with van der Waals surface area (Å²) in [6.45, 7) is 15.1. The second-order valence-electron chi connectivity index (χ2n) is 8.82. The Kier molecular flexibility index (Phi) is 5.63. The minimum atomic E-state index is -1.48. The molecule has 5 atom stereocenters. The van der Waals surface area contributed by atoms with Crippen LogP contribution >= 0.6 is 0 Å². The molecule has 154 valence electrons. The molecule has 2 rings (SSSR count). The Labute approximate surface area is 156 Å². The fourth-order valence-corrected chi connectivity index (χ4v) is 4.05. The van der Waals surface area contributed by atoms with Gasteiger partial charge < -0.3 is 33.9 Å². The minimum absolute atomic E-state index is 0.0438. The average molecular weight is 376 g/mol. The van der Waals surface area contributed by atoms with Crippen LogP contribution in [0.2, 0.25) is 0 Å². The van der Waals surface area contributed by atoms with Crippen LogP contribution in [0.3, 0.4) is 0 Å². The van der Waals surface area contributed by atoms with Crippen LogP contribution in [0.4, 0.5) is 0 Å². The summed E-state index contributed by atoms with van der Waals surface area (Å²) < 4.78 is 30.3. The first kappa shape index (κ1) is 22.0. The molecule has 0 bridgehead atoms. The molecule has 2 aliphatic rings. The van der Waals surface area contributed by atoms with Crippen molar-refractivity contribution in [2.45, 2.75) is 95.6 Å². The van der Waals surface area contributed by atoms with Gasteiger partial charge in [0.15, 0.2) is 12.4 Å². The van der Waals surface area contributed by atoms with Crippen molar-refractivity contribution in [2.24, 2.45) is 0 Å². The van der Waals surface area contributed by atoms with Gasteiger partial charge in [-0.15, -0.1) is 0 Å². The molecular formula is C19H36O7. The van der Waals surface area contributed by atoms with Crippen molar-refractivity contribution in [2.75, 3.05) is 26.6 Å². The Bertz CT molecular complexity index is 522. The van der Waals surface area contributed by atoms with E-state index in [2.05, 4.69) is 0 Å². The molecule has 2 fully saturated rings. The molecule has 2 heterocycles. The number of rotatable bonds is 7. The summed E-state index contributed by atoms with van der Waals surface area (Å²) in [6, 6.07) is 0. The standard InChI is InChI=1S/C19H36O7/c1-9-14(2,3)25-17(6)16(5,21)15(4,12-22-11-10-20)26-19(8)18(17,7)23-13-24-19/h20-21H,9-13H2,1-8H3/t15?,16-,17?,18?,19-/m0/s1. The summed E-state index contributed by atoms with van der Waals surface area (Å²) in [5.74, 6) is -1.13. The van der Waals surface area contributed by atoms with E-state index in [-0.39, 0.29) is 26.6 Å². The summed E-state index contributed by atoms with van der Waals surface area (Å²) in [7, 11) is 0. The van der Waals surface area contributed by atoms with E-state index in [0.717, 1.165) is 6.42 Å². The van der Waals surface area contributed by atoms with Crippen LogP contribution in [0.15, 0.2) is 0 Å². The van der Waals surface area contributed by atoms with Gasteiger partial charge in [-0.05, 0) is 54.9 Å². The first-order valence-corrected chi connectivity index (χ1v) is 9.33. The lowest BCUT2D eigenvalue weighted by Crippen LogP contribution is -2.85. The third kappa shape index (κ3) is 2.92. The number of fused-ring (bicyclic) bond motifs is 1. The highest BCUT2D eigenvalue weighted by Gasteiger charge is 2.79. The normalized spacial score (nSPS) is 46.4. The topological polar surface area (TPSA) is 86.6 Å². The van der Waals surface area contributed by atoms with Gasteiger partial charge in [0, 0.05) is 0 Å². The SMILES string of the molecule is CCC(C)(C)OC1(C)C2(C)OCO[C@@]2(C)OC(C)(COCCO)[C@]1(C)O. The maximum Gasteiger partial charge on any atom is 0.200 e. The fourth-order valence-electron chi connectivity index (χ4n) is 4.05. The second kappa shape index (κ2) is 6.65. The Hall–Kier alpha value is -0.280. The smallest absolute Gasteiger partial charge is 0.200 e. The number of hydrogen-bond acceptors (Lipinski definition) is 7. The lowest BCUT2D eigenvalue weighted by Gasteiger charge is -2.66. The Morgan fingerprint density at radius 1 is 1.08 bits per heavy atom. The third-order valence-corrected chi connectivity index (χ3v) is 6.78. The molecule has 0 saturated carbocycles. The van der Waals surface area contributed by atoms with Gasteiger partial charge in [-0.25, -0.2) is 0 Å². The first-order chi connectivity index (χ1) is 11.7. The van der Waals surface area contributed by atoms with Crippen LogP contribution in [0, 0.1) is 0 Å². The van der Waals surface area contributed by atoms with Crippen LogP contribution in [-0.2, 0) is 23.7 Å². The molecule has 0 spiro atoms. The summed E-state index contributed by atoms with van der Waals surface area (Å²) in [4.78, 5) is 0. The minimum Gasteiger partial charge on any atom is -0.394 e. The molecule has 0 radical (unpaired) electrons. The van der Waals surface area contributed by atoms with E-state index >= 15 is 0 Å². The summed E-state index contributed by atoms with van der Waals surface area (Å²) in [6.07, 6.45) is 0.755. The maximum absolute atomic E-state index is 11.8. The van der Waals surface area contributed by atoms with Gasteiger partial charge in [-0.1, -0.05) is 6.92 Å². The van der Waals surface area contributed by atoms with Crippen molar-refractivity contribution in [3.63, 3.8) is 0 Å². The summed E-state index contributed by atoms with van der Waals surface area (Å²) >= 11 is 0. The molecule has 2 aliphatic heterocycles. The quantitative estimate of drug-likeness (QED) is 0.657. The van der Waals surface area contributed by atoms with E-state index in [4.69, 9.17) is 28.8 Å². The van der Waals surface area contributed by atoms with Crippen molar-refractivity contribution >= 4 is 0 Å². The summed E-state index contributed by atoms with van der Waals surface area (Å²) in [5, 5.41) is 20.8.